The van der Waals surface area contributed by atoms with E-state index in [1.807, 2.05) is 0 Å². The van der Waals surface area contributed by atoms with Gasteiger partial charge in [-0.1, -0.05) is 37.8 Å². The van der Waals surface area contributed by atoms with Crippen LogP contribution in [0.1, 0.15) is 11.1 Å². The third kappa shape index (κ3) is 4.39. The van der Waals surface area contributed by atoms with Crippen molar-refractivity contribution < 1.29 is 13.2 Å². The van der Waals surface area contributed by atoms with Crippen LogP contribution < -0.4 is 0 Å². The van der Waals surface area contributed by atoms with E-state index in [0.717, 1.165) is 18.0 Å². The Morgan fingerprint density at radius 2 is 1.50 bits per heavy atom. The van der Waals surface area contributed by atoms with Crippen LogP contribution in [0.2, 0.25) is 25.7 Å². The molecule has 0 unspecified atom stereocenters. The van der Waals surface area contributed by atoms with E-state index in [1.165, 1.54) is 12.1 Å². The van der Waals surface area contributed by atoms with Crippen LogP contribution in [0.4, 0.5) is 13.2 Å². The van der Waals surface area contributed by atoms with Gasteiger partial charge in [-0.05, 0) is 24.1 Å². The van der Waals surface area contributed by atoms with Crippen molar-refractivity contribution >= 4 is 8.07 Å². The number of rotatable bonds is 3. The molecule has 1 rings (SSSR count). The monoisotopic (exact) mass is 246 g/mol. The van der Waals surface area contributed by atoms with Crippen molar-refractivity contribution in [2.24, 2.45) is 0 Å². The minimum atomic E-state index is -4.22. The van der Waals surface area contributed by atoms with Crippen LogP contribution in [0.5, 0.6) is 0 Å². The first-order valence-corrected chi connectivity index (χ1v) is 9.05. The van der Waals surface area contributed by atoms with Gasteiger partial charge in [0.15, 0.2) is 0 Å². The molecule has 0 atom stereocenters. The maximum absolute atomic E-state index is 12.3. The molecular formula is C12H17F3Si. The van der Waals surface area contributed by atoms with E-state index in [1.54, 1.807) is 12.1 Å². The number of aryl methyl sites for hydroxylation is 1. The zero-order chi connectivity index (χ0) is 12.4. The summed E-state index contributed by atoms with van der Waals surface area (Å²) in [5.41, 5.74) is 0.430. The molecule has 0 spiro atoms. The standard InChI is InChI=1S/C12H17F3Si/c1-16(2,3)9-8-10-4-6-11(7-5-10)12(13,14)15/h4-7H,8-9H2,1-3H3. The first kappa shape index (κ1) is 13.3. The van der Waals surface area contributed by atoms with Crippen LogP contribution in [0, 0.1) is 0 Å². The Hall–Kier alpha value is -0.773. The van der Waals surface area contributed by atoms with Gasteiger partial charge < -0.3 is 0 Å². The maximum Gasteiger partial charge on any atom is 0.416 e. The van der Waals surface area contributed by atoms with E-state index in [4.69, 9.17) is 0 Å². The third-order valence-electron chi connectivity index (χ3n) is 2.44. The first-order chi connectivity index (χ1) is 7.18. The SMILES string of the molecule is C[Si](C)(C)CCc1ccc(C(F)(F)F)cc1. The summed E-state index contributed by atoms with van der Waals surface area (Å²) < 4.78 is 36.9. The van der Waals surface area contributed by atoms with Crippen molar-refractivity contribution in [2.75, 3.05) is 0 Å². The van der Waals surface area contributed by atoms with Gasteiger partial charge >= 0.3 is 6.18 Å². The van der Waals surface area contributed by atoms with Crippen LogP contribution in [0.3, 0.4) is 0 Å². The molecule has 0 saturated heterocycles. The Morgan fingerprint density at radius 1 is 1.00 bits per heavy atom. The summed E-state index contributed by atoms with van der Waals surface area (Å²) in [5, 5.41) is 0. The zero-order valence-electron chi connectivity index (χ0n) is 9.86. The van der Waals surface area contributed by atoms with Crippen LogP contribution in [0.25, 0.3) is 0 Å². The summed E-state index contributed by atoms with van der Waals surface area (Å²) in [4.78, 5) is 0. The zero-order valence-corrected chi connectivity index (χ0v) is 10.9. The first-order valence-electron chi connectivity index (χ1n) is 5.35. The van der Waals surface area contributed by atoms with Gasteiger partial charge in [0.1, 0.15) is 0 Å². The summed E-state index contributed by atoms with van der Waals surface area (Å²) in [6, 6.07) is 6.61. The van der Waals surface area contributed by atoms with Crippen LogP contribution >= 0.6 is 0 Å². The maximum atomic E-state index is 12.3. The van der Waals surface area contributed by atoms with Crippen molar-refractivity contribution in [3.63, 3.8) is 0 Å². The average Bonchev–Trinajstić information content (AvgIpc) is 2.13. The quantitative estimate of drug-likeness (QED) is 0.684. The van der Waals surface area contributed by atoms with Gasteiger partial charge in [-0.3, -0.25) is 0 Å². The molecule has 0 N–H and O–H groups in total. The molecule has 0 saturated carbocycles. The molecule has 90 valence electrons. The lowest BCUT2D eigenvalue weighted by Gasteiger charge is -2.15. The van der Waals surface area contributed by atoms with Gasteiger partial charge in [0, 0.05) is 8.07 Å². The molecule has 0 aliphatic rings. The molecular weight excluding hydrogens is 229 g/mol. The van der Waals surface area contributed by atoms with Gasteiger partial charge in [-0.15, -0.1) is 0 Å². The molecule has 0 radical (unpaired) electrons. The van der Waals surface area contributed by atoms with Gasteiger partial charge in [0.2, 0.25) is 0 Å². The second kappa shape index (κ2) is 4.61. The Bertz CT molecular complexity index is 333. The lowest BCUT2D eigenvalue weighted by Crippen LogP contribution is -2.19. The second-order valence-electron chi connectivity index (χ2n) is 5.26. The molecule has 1 aromatic rings. The lowest BCUT2D eigenvalue weighted by atomic mass is 10.1. The highest BCUT2D eigenvalue weighted by atomic mass is 28.3. The molecule has 0 aromatic heterocycles. The molecule has 1 aromatic carbocycles. The third-order valence-corrected chi connectivity index (χ3v) is 4.19. The largest absolute Gasteiger partial charge is 0.416 e. The van der Waals surface area contributed by atoms with E-state index in [0.29, 0.717) is 0 Å². The highest BCUT2D eigenvalue weighted by Gasteiger charge is 2.29. The summed E-state index contributed by atoms with van der Waals surface area (Å²) in [7, 11) is -1.11. The fraction of sp³-hybridized carbons (Fsp3) is 0.500. The lowest BCUT2D eigenvalue weighted by molar-refractivity contribution is -0.137. The van der Waals surface area contributed by atoms with Crippen LogP contribution in [0.15, 0.2) is 24.3 Å². The van der Waals surface area contributed by atoms with Crippen LogP contribution in [-0.2, 0) is 12.6 Å². The Balaban J connectivity index is 2.66. The molecule has 0 bridgehead atoms. The molecule has 16 heavy (non-hydrogen) atoms. The Morgan fingerprint density at radius 3 is 1.88 bits per heavy atom. The number of hydrogen-bond acceptors (Lipinski definition) is 0. The van der Waals surface area contributed by atoms with E-state index in [2.05, 4.69) is 19.6 Å². The topological polar surface area (TPSA) is 0 Å². The summed E-state index contributed by atoms with van der Waals surface area (Å²) in [6.45, 7) is 6.78. The van der Waals surface area contributed by atoms with Crippen molar-refractivity contribution in [3.8, 4) is 0 Å². The fourth-order valence-corrected chi connectivity index (χ4v) is 2.42. The number of alkyl halides is 3. The van der Waals surface area contributed by atoms with Crippen molar-refractivity contribution in [1.82, 2.24) is 0 Å². The highest BCUT2D eigenvalue weighted by Crippen LogP contribution is 2.29. The van der Waals surface area contributed by atoms with E-state index in [-0.39, 0.29) is 0 Å². The predicted molar refractivity (Wildman–Crippen MR) is 63.3 cm³/mol. The minimum Gasteiger partial charge on any atom is -0.166 e. The second-order valence-corrected chi connectivity index (χ2v) is 10.9. The van der Waals surface area contributed by atoms with Crippen LogP contribution in [-0.4, -0.2) is 8.07 Å². The van der Waals surface area contributed by atoms with Crippen molar-refractivity contribution in [3.05, 3.63) is 35.4 Å². The van der Waals surface area contributed by atoms with Gasteiger partial charge in [-0.2, -0.15) is 13.2 Å². The van der Waals surface area contributed by atoms with E-state index < -0.39 is 19.8 Å². The number of hydrogen-bond donors (Lipinski definition) is 0. The molecule has 0 amide bonds. The van der Waals surface area contributed by atoms with Gasteiger partial charge in [0.05, 0.1) is 5.56 Å². The predicted octanol–water partition coefficient (Wildman–Crippen LogP) is 4.59. The fourth-order valence-electron chi connectivity index (χ4n) is 1.38. The summed E-state index contributed by atoms with van der Waals surface area (Å²) >= 11 is 0. The van der Waals surface area contributed by atoms with E-state index in [9.17, 15) is 13.2 Å². The van der Waals surface area contributed by atoms with Crippen molar-refractivity contribution in [1.29, 1.82) is 0 Å². The minimum absolute atomic E-state index is 0.566. The van der Waals surface area contributed by atoms with Gasteiger partial charge in [-0.25, -0.2) is 0 Å². The number of halogens is 3. The molecule has 4 heteroatoms. The number of benzene rings is 1. The molecule has 0 heterocycles. The average molecular weight is 246 g/mol. The summed E-state index contributed by atoms with van der Waals surface area (Å²) in [6.07, 6.45) is -3.34. The molecule has 0 fully saturated rings. The van der Waals surface area contributed by atoms with Gasteiger partial charge in [0.25, 0.3) is 0 Å². The molecule has 0 aliphatic heterocycles. The summed E-state index contributed by atoms with van der Waals surface area (Å²) in [5.74, 6) is 0. The van der Waals surface area contributed by atoms with E-state index >= 15 is 0 Å². The normalized spacial score (nSPS) is 12.9. The smallest absolute Gasteiger partial charge is 0.166 e. The Labute approximate surface area is 95.5 Å². The molecule has 0 aliphatic carbocycles. The molecule has 0 nitrogen and oxygen atoms in total. The van der Waals surface area contributed by atoms with Crippen molar-refractivity contribution in [2.45, 2.75) is 38.3 Å². The Kier molecular flexibility index (Phi) is 3.83. The highest BCUT2D eigenvalue weighted by molar-refractivity contribution is 6.76.